The maximum absolute atomic E-state index is 12.1. The Hall–Kier alpha value is -2.18. The van der Waals surface area contributed by atoms with Crippen molar-refractivity contribution < 1.29 is 4.79 Å². The Morgan fingerprint density at radius 2 is 1.96 bits per heavy atom. The number of rotatable bonds is 6. The van der Waals surface area contributed by atoms with Crippen LogP contribution >= 0.6 is 12.4 Å². The first-order valence-electron chi connectivity index (χ1n) is 7.80. The molecule has 1 saturated carbocycles. The predicted molar refractivity (Wildman–Crippen MR) is 94.9 cm³/mol. The third-order valence-corrected chi connectivity index (χ3v) is 4.02. The van der Waals surface area contributed by atoms with Crippen molar-refractivity contribution in [2.24, 2.45) is 11.7 Å². The standard InChI is InChI=1S/C17H20N4O2.ClH/c18-10-15(13-6-7-13)19-16(22)11-21-17(23)9-8-14(20-21)12-4-2-1-3-5-12;/h1-5,8-9,13,15H,6-7,10-11,18H2,(H,19,22);1H. The van der Waals surface area contributed by atoms with Gasteiger partial charge in [0.05, 0.1) is 5.69 Å². The highest BCUT2D eigenvalue weighted by Crippen LogP contribution is 2.32. The fourth-order valence-electron chi connectivity index (χ4n) is 2.58. The van der Waals surface area contributed by atoms with Crippen LogP contribution in [-0.2, 0) is 11.3 Å². The predicted octanol–water partition coefficient (Wildman–Crippen LogP) is 1.19. The van der Waals surface area contributed by atoms with Gasteiger partial charge < -0.3 is 11.1 Å². The monoisotopic (exact) mass is 348 g/mol. The third kappa shape index (κ3) is 4.43. The van der Waals surface area contributed by atoms with E-state index < -0.39 is 0 Å². The van der Waals surface area contributed by atoms with Gasteiger partial charge in [-0.15, -0.1) is 12.4 Å². The van der Waals surface area contributed by atoms with Gasteiger partial charge in [0.1, 0.15) is 6.54 Å². The van der Waals surface area contributed by atoms with Gasteiger partial charge in [-0.1, -0.05) is 30.3 Å². The summed E-state index contributed by atoms with van der Waals surface area (Å²) in [6.07, 6.45) is 2.20. The minimum Gasteiger partial charge on any atom is -0.350 e. The third-order valence-electron chi connectivity index (χ3n) is 4.02. The van der Waals surface area contributed by atoms with E-state index in [1.165, 1.54) is 10.7 Å². The largest absolute Gasteiger partial charge is 0.350 e. The van der Waals surface area contributed by atoms with Gasteiger partial charge >= 0.3 is 0 Å². The summed E-state index contributed by atoms with van der Waals surface area (Å²) in [5.41, 5.74) is 6.96. The molecule has 0 radical (unpaired) electrons. The fraction of sp³-hybridized carbons (Fsp3) is 0.353. The van der Waals surface area contributed by atoms with E-state index in [0.29, 0.717) is 18.2 Å². The molecule has 1 unspecified atom stereocenters. The topological polar surface area (TPSA) is 90.0 Å². The molecule has 3 rings (SSSR count). The van der Waals surface area contributed by atoms with Crippen LogP contribution in [0.4, 0.5) is 0 Å². The molecule has 6 nitrogen and oxygen atoms in total. The molecule has 1 heterocycles. The van der Waals surface area contributed by atoms with E-state index in [1.807, 2.05) is 30.3 Å². The van der Waals surface area contributed by atoms with Gasteiger partial charge in [-0.2, -0.15) is 5.10 Å². The van der Waals surface area contributed by atoms with Gasteiger partial charge in [0, 0.05) is 24.2 Å². The van der Waals surface area contributed by atoms with Crippen molar-refractivity contribution in [1.29, 1.82) is 0 Å². The van der Waals surface area contributed by atoms with Crippen LogP contribution in [-0.4, -0.2) is 28.3 Å². The number of aromatic nitrogens is 2. The lowest BCUT2D eigenvalue weighted by Crippen LogP contribution is -2.44. The van der Waals surface area contributed by atoms with Crippen molar-refractivity contribution in [1.82, 2.24) is 15.1 Å². The number of hydrogen-bond donors (Lipinski definition) is 2. The molecule has 1 atom stereocenters. The summed E-state index contributed by atoms with van der Waals surface area (Å²) in [7, 11) is 0. The molecule has 1 aliphatic carbocycles. The smallest absolute Gasteiger partial charge is 0.267 e. The van der Waals surface area contributed by atoms with Crippen molar-refractivity contribution in [3.63, 3.8) is 0 Å². The zero-order chi connectivity index (χ0) is 16.2. The molecule has 0 bridgehead atoms. The van der Waals surface area contributed by atoms with E-state index in [1.54, 1.807) is 6.07 Å². The normalized spacial score (nSPS) is 14.5. The summed E-state index contributed by atoms with van der Waals surface area (Å²) in [4.78, 5) is 24.1. The van der Waals surface area contributed by atoms with Gasteiger partial charge in [0.25, 0.3) is 5.56 Å². The molecule has 0 aliphatic heterocycles. The van der Waals surface area contributed by atoms with E-state index in [2.05, 4.69) is 10.4 Å². The molecule has 24 heavy (non-hydrogen) atoms. The molecule has 1 aliphatic rings. The number of halogens is 1. The summed E-state index contributed by atoms with van der Waals surface area (Å²) in [5.74, 6) is 0.247. The summed E-state index contributed by atoms with van der Waals surface area (Å²) < 4.78 is 1.19. The summed E-state index contributed by atoms with van der Waals surface area (Å²) in [5, 5.41) is 7.19. The number of nitrogens with zero attached hydrogens (tertiary/aromatic N) is 2. The molecule has 1 fully saturated rings. The molecule has 1 amide bonds. The van der Waals surface area contributed by atoms with Gasteiger partial charge in [0.2, 0.25) is 5.91 Å². The van der Waals surface area contributed by atoms with E-state index in [4.69, 9.17) is 5.73 Å². The highest BCUT2D eigenvalue weighted by Gasteiger charge is 2.31. The molecular formula is C17H21ClN4O2. The zero-order valence-electron chi connectivity index (χ0n) is 13.2. The average Bonchev–Trinajstić information content (AvgIpc) is 3.40. The van der Waals surface area contributed by atoms with Crippen LogP contribution in [0.1, 0.15) is 12.8 Å². The summed E-state index contributed by atoms with van der Waals surface area (Å²) in [6.45, 7) is 0.325. The van der Waals surface area contributed by atoms with Crippen LogP contribution in [0.15, 0.2) is 47.3 Å². The number of amides is 1. The number of carbonyl (C=O) groups is 1. The SMILES string of the molecule is Cl.NCC(NC(=O)Cn1nc(-c2ccccc2)ccc1=O)C1CC1. The summed E-state index contributed by atoms with van der Waals surface area (Å²) >= 11 is 0. The molecule has 0 saturated heterocycles. The van der Waals surface area contributed by atoms with Crippen molar-refractivity contribution in [3.05, 3.63) is 52.8 Å². The van der Waals surface area contributed by atoms with Crippen LogP contribution in [0, 0.1) is 5.92 Å². The second kappa shape index (κ2) is 8.08. The van der Waals surface area contributed by atoms with Gasteiger partial charge in [-0.25, -0.2) is 4.68 Å². The molecule has 0 spiro atoms. The Kier molecular flexibility index (Phi) is 6.11. The van der Waals surface area contributed by atoms with Crippen molar-refractivity contribution in [2.75, 3.05) is 6.54 Å². The van der Waals surface area contributed by atoms with Crippen LogP contribution in [0.5, 0.6) is 0 Å². The van der Waals surface area contributed by atoms with Crippen LogP contribution < -0.4 is 16.6 Å². The molecule has 2 aromatic rings. The maximum Gasteiger partial charge on any atom is 0.267 e. The van der Waals surface area contributed by atoms with E-state index in [0.717, 1.165) is 18.4 Å². The minimum absolute atomic E-state index is 0. The van der Waals surface area contributed by atoms with Gasteiger partial charge in [-0.05, 0) is 24.8 Å². The van der Waals surface area contributed by atoms with Crippen LogP contribution in [0.3, 0.4) is 0 Å². The lowest BCUT2D eigenvalue weighted by atomic mass is 10.1. The van der Waals surface area contributed by atoms with Gasteiger partial charge in [0.15, 0.2) is 0 Å². The number of nitrogens with one attached hydrogen (secondary N) is 1. The second-order valence-electron chi connectivity index (χ2n) is 5.83. The van der Waals surface area contributed by atoms with E-state index in [-0.39, 0.29) is 36.5 Å². The van der Waals surface area contributed by atoms with Crippen molar-refractivity contribution >= 4 is 18.3 Å². The molecule has 1 aromatic heterocycles. The first kappa shape index (κ1) is 18.2. The molecule has 7 heteroatoms. The highest BCUT2D eigenvalue weighted by molar-refractivity contribution is 5.85. The zero-order valence-corrected chi connectivity index (χ0v) is 14.0. The lowest BCUT2D eigenvalue weighted by molar-refractivity contribution is -0.122. The quantitative estimate of drug-likeness (QED) is 0.820. The van der Waals surface area contributed by atoms with Crippen LogP contribution in [0.2, 0.25) is 0 Å². The first-order valence-corrected chi connectivity index (χ1v) is 7.80. The maximum atomic E-state index is 12.1. The Morgan fingerprint density at radius 1 is 1.25 bits per heavy atom. The average molecular weight is 349 g/mol. The number of benzene rings is 1. The minimum atomic E-state index is -0.296. The molecular weight excluding hydrogens is 328 g/mol. The van der Waals surface area contributed by atoms with E-state index >= 15 is 0 Å². The fourth-order valence-corrected chi connectivity index (χ4v) is 2.58. The Bertz CT molecular complexity index is 744. The summed E-state index contributed by atoms with van der Waals surface area (Å²) in [6, 6.07) is 12.6. The Morgan fingerprint density at radius 3 is 2.58 bits per heavy atom. The molecule has 1 aromatic carbocycles. The number of hydrogen-bond acceptors (Lipinski definition) is 4. The van der Waals surface area contributed by atoms with E-state index in [9.17, 15) is 9.59 Å². The second-order valence-corrected chi connectivity index (χ2v) is 5.83. The number of nitrogens with two attached hydrogens (primary N) is 1. The molecule has 128 valence electrons. The van der Waals surface area contributed by atoms with Crippen molar-refractivity contribution in [2.45, 2.75) is 25.4 Å². The lowest BCUT2D eigenvalue weighted by Gasteiger charge is -2.16. The Balaban J connectivity index is 0.00000208. The molecule has 3 N–H and O–H groups in total. The van der Waals surface area contributed by atoms with Crippen LogP contribution in [0.25, 0.3) is 11.3 Å². The van der Waals surface area contributed by atoms with Crippen molar-refractivity contribution in [3.8, 4) is 11.3 Å². The first-order chi connectivity index (χ1) is 11.2. The number of carbonyl (C=O) groups excluding carboxylic acids is 1. The highest BCUT2D eigenvalue weighted by atomic mass is 35.5. The van der Waals surface area contributed by atoms with Gasteiger partial charge in [-0.3, -0.25) is 9.59 Å². The Labute approximate surface area is 146 Å².